The maximum Gasteiger partial charge on any atom is 0.223 e. The van der Waals surface area contributed by atoms with Gasteiger partial charge in [0.2, 0.25) is 5.28 Å². The van der Waals surface area contributed by atoms with Crippen molar-refractivity contribution in [2.24, 2.45) is 0 Å². The standard InChI is InChI=1S/C33H19ClN2/c34-32-35-29-19-8-4-13-23(29)31(36-32)24-14-9-18-28-30(24)22-12-3-7-17-27(22)33(28)25-15-5-1-10-20(25)21-11-2-6-16-26(21)33/h1-19H. The van der Waals surface area contributed by atoms with Crippen molar-refractivity contribution in [1.29, 1.82) is 0 Å². The van der Waals surface area contributed by atoms with Gasteiger partial charge in [-0.15, -0.1) is 0 Å². The lowest BCUT2D eigenvalue weighted by molar-refractivity contribution is 0.794. The molecule has 36 heavy (non-hydrogen) atoms. The Morgan fingerprint density at radius 2 is 1.00 bits per heavy atom. The molecule has 0 amide bonds. The molecule has 8 rings (SSSR count). The molecule has 0 atom stereocenters. The summed E-state index contributed by atoms with van der Waals surface area (Å²) < 4.78 is 0. The second kappa shape index (κ2) is 7.13. The van der Waals surface area contributed by atoms with Crippen LogP contribution in [0.2, 0.25) is 5.28 Å². The van der Waals surface area contributed by atoms with E-state index in [1.54, 1.807) is 0 Å². The first kappa shape index (κ1) is 20.0. The summed E-state index contributed by atoms with van der Waals surface area (Å²) in [5.41, 5.74) is 12.8. The summed E-state index contributed by atoms with van der Waals surface area (Å²) in [4.78, 5) is 9.26. The Hall–Kier alpha value is -4.27. The Bertz CT molecular complexity index is 1820. The average Bonchev–Trinajstić information content (AvgIpc) is 3.40. The molecule has 2 aliphatic carbocycles. The summed E-state index contributed by atoms with van der Waals surface area (Å²) >= 11 is 6.46. The van der Waals surface area contributed by atoms with Crippen molar-refractivity contribution in [3.05, 3.63) is 143 Å². The van der Waals surface area contributed by atoms with Crippen LogP contribution >= 0.6 is 11.6 Å². The van der Waals surface area contributed by atoms with E-state index >= 15 is 0 Å². The highest BCUT2D eigenvalue weighted by Gasteiger charge is 2.52. The molecule has 2 aliphatic rings. The van der Waals surface area contributed by atoms with Gasteiger partial charge in [0.25, 0.3) is 0 Å². The van der Waals surface area contributed by atoms with Gasteiger partial charge in [0.15, 0.2) is 0 Å². The number of hydrogen-bond donors (Lipinski definition) is 0. The van der Waals surface area contributed by atoms with E-state index in [-0.39, 0.29) is 10.7 Å². The Morgan fingerprint density at radius 1 is 0.472 bits per heavy atom. The van der Waals surface area contributed by atoms with Gasteiger partial charge >= 0.3 is 0 Å². The number of fused-ring (bicyclic) bond motifs is 11. The van der Waals surface area contributed by atoms with E-state index in [0.717, 1.165) is 22.2 Å². The molecule has 0 radical (unpaired) electrons. The quantitative estimate of drug-likeness (QED) is 0.222. The van der Waals surface area contributed by atoms with Crippen LogP contribution in [0.25, 0.3) is 44.4 Å². The van der Waals surface area contributed by atoms with E-state index in [2.05, 4.69) is 102 Å². The van der Waals surface area contributed by atoms with Crippen molar-refractivity contribution < 1.29 is 0 Å². The lowest BCUT2D eigenvalue weighted by atomic mass is 9.70. The first-order chi connectivity index (χ1) is 17.8. The minimum Gasteiger partial charge on any atom is -0.218 e. The van der Waals surface area contributed by atoms with E-state index in [1.165, 1.54) is 44.5 Å². The van der Waals surface area contributed by atoms with Crippen LogP contribution in [0, 0.1) is 0 Å². The van der Waals surface area contributed by atoms with Gasteiger partial charge in [-0.05, 0) is 62.2 Å². The summed E-state index contributed by atoms with van der Waals surface area (Å²) in [7, 11) is 0. The number of nitrogens with zero attached hydrogens (tertiary/aromatic N) is 2. The molecular weight excluding hydrogens is 460 g/mol. The second-order valence-electron chi connectivity index (χ2n) is 9.47. The molecule has 1 spiro atoms. The molecule has 6 aromatic rings. The normalized spacial score (nSPS) is 13.9. The van der Waals surface area contributed by atoms with Crippen LogP contribution in [0.4, 0.5) is 0 Å². The molecule has 168 valence electrons. The predicted molar refractivity (Wildman–Crippen MR) is 146 cm³/mol. The fourth-order valence-corrected chi connectivity index (χ4v) is 6.77. The monoisotopic (exact) mass is 478 g/mol. The Labute approximate surface area is 213 Å². The number of aromatic nitrogens is 2. The van der Waals surface area contributed by atoms with Crippen molar-refractivity contribution in [1.82, 2.24) is 9.97 Å². The van der Waals surface area contributed by atoms with E-state index in [9.17, 15) is 0 Å². The highest BCUT2D eigenvalue weighted by Crippen LogP contribution is 2.63. The summed E-state index contributed by atoms with van der Waals surface area (Å²) in [5.74, 6) is 0. The lowest BCUT2D eigenvalue weighted by Crippen LogP contribution is -2.25. The molecule has 1 heterocycles. The van der Waals surface area contributed by atoms with E-state index in [4.69, 9.17) is 16.6 Å². The number of hydrogen-bond acceptors (Lipinski definition) is 2. The zero-order chi connectivity index (χ0) is 23.9. The number of rotatable bonds is 1. The molecule has 1 aromatic heterocycles. The molecule has 0 saturated carbocycles. The molecule has 0 N–H and O–H groups in total. The second-order valence-corrected chi connectivity index (χ2v) is 9.81. The largest absolute Gasteiger partial charge is 0.223 e. The predicted octanol–water partition coefficient (Wildman–Crippen LogP) is 8.29. The number of para-hydroxylation sites is 1. The summed E-state index contributed by atoms with van der Waals surface area (Å²) in [6.07, 6.45) is 0. The third-order valence-electron chi connectivity index (χ3n) is 7.85. The first-order valence-corrected chi connectivity index (χ1v) is 12.5. The molecule has 0 saturated heterocycles. The number of benzene rings is 5. The van der Waals surface area contributed by atoms with Crippen LogP contribution in [0.1, 0.15) is 22.3 Å². The van der Waals surface area contributed by atoms with Crippen LogP contribution in [0.5, 0.6) is 0 Å². The van der Waals surface area contributed by atoms with Gasteiger partial charge in [0.05, 0.1) is 16.6 Å². The third kappa shape index (κ3) is 2.37. The molecule has 0 bridgehead atoms. The van der Waals surface area contributed by atoms with Gasteiger partial charge in [-0.2, -0.15) is 0 Å². The van der Waals surface area contributed by atoms with Gasteiger partial charge in [-0.3, -0.25) is 0 Å². The fraction of sp³-hybridized carbons (Fsp3) is 0.0303. The molecule has 5 aromatic carbocycles. The van der Waals surface area contributed by atoms with Gasteiger partial charge in [0, 0.05) is 10.9 Å². The Balaban J connectivity index is 1.56. The number of halogens is 1. The zero-order valence-corrected chi connectivity index (χ0v) is 20.0. The SMILES string of the molecule is Clc1nc(-c2cccc3c2-c2ccccc2C32c3ccccc3-c3ccccc32)c2ccccc2n1. The van der Waals surface area contributed by atoms with Crippen molar-refractivity contribution in [2.45, 2.75) is 5.41 Å². The molecule has 0 fully saturated rings. The van der Waals surface area contributed by atoms with Gasteiger partial charge in [-0.1, -0.05) is 109 Å². The molecule has 3 heteroatoms. The smallest absolute Gasteiger partial charge is 0.218 e. The summed E-state index contributed by atoms with van der Waals surface area (Å²) in [6.45, 7) is 0. The summed E-state index contributed by atoms with van der Waals surface area (Å²) in [5, 5.41) is 1.26. The molecule has 2 nitrogen and oxygen atoms in total. The highest BCUT2D eigenvalue weighted by molar-refractivity contribution is 6.29. The first-order valence-electron chi connectivity index (χ1n) is 12.1. The maximum absolute atomic E-state index is 6.46. The Morgan fingerprint density at radius 3 is 1.72 bits per heavy atom. The van der Waals surface area contributed by atoms with Gasteiger partial charge in [-0.25, -0.2) is 9.97 Å². The fourth-order valence-electron chi connectivity index (χ4n) is 6.59. The summed E-state index contributed by atoms with van der Waals surface area (Å²) in [6, 6.07) is 41.3. The van der Waals surface area contributed by atoms with Crippen LogP contribution < -0.4 is 0 Å². The van der Waals surface area contributed by atoms with E-state index in [0.29, 0.717) is 0 Å². The minimum atomic E-state index is -0.373. The van der Waals surface area contributed by atoms with Gasteiger partial charge < -0.3 is 0 Å². The van der Waals surface area contributed by atoms with Crippen LogP contribution in [-0.4, -0.2) is 9.97 Å². The third-order valence-corrected chi connectivity index (χ3v) is 8.02. The van der Waals surface area contributed by atoms with Crippen molar-refractivity contribution >= 4 is 22.5 Å². The van der Waals surface area contributed by atoms with Gasteiger partial charge in [0.1, 0.15) is 0 Å². The minimum absolute atomic E-state index is 0.263. The highest BCUT2D eigenvalue weighted by atomic mass is 35.5. The van der Waals surface area contributed by atoms with Crippen LogP contribution in [-0.2, 0) is 5.41 Å². The molecular formula is C33H19ClN2. The van der Waals surface area contributed by atoms with Crippen LogP contribution in [0.3, 0.4) is 0 Å². The molecule has 0 unspecified atom stereocenters. The average molecular weight is 479 g/mol. The Kier molecular flexibility index (Phi) is 3.96. The lowest BCUT2D eigenvalue weighted by Gasteiger charge is -2.30. The molecule has 0 aliphatic heterocycles. The maximum atomic E-state index is 6.46. The topological polar surface area (TPSA) is 25.8 Å². The van der Waals surface area contributed by atoms with E-state index < -0.39 is 0 Å². The van der Waals surface area contributed by atoms with E-state index in [1.807, 2.05) is 18.2 Å². The zero-order valence-electron chi connectivity index (χ0n) is 19.2. The van der Waals surface area contributed by atoms with Crippen molar-refractivity contribution in [3.63, 3.8) is 0 Å². The van der Waals surface area contributed by atoms with Crippen molar-refractivity contribution in [2.75, 3.05) is 0 Å². The van der Waals surface area contributed by atoms with Crippen LogP contribution in [0.15, 0.2) is 115 Å². The van der Waals surface area contributed by atoms with Crippen molar-refractivity contribution in [3.8, 4) is 33.5 Å².